The van der Waals surface area contributed by atoms with E-state index in [2.05, 4.69) is 15.6 Å². The molecule has 6 heteroatoms. The van der Waals surface area contributed by atoms with Crippen molar-refractivity contribution < 1.29 is 13.2 Å². The number of alkyl halides is 3. The zero-order valence-electron chi connectivity index (χ0n) is 11.8. The van der Waals surface area contributed by atoms with E-state index in [4.69, 9.17) is 0 Å². The molecule has 0 bridgehead atoms. The summed E-state index contributed by atoms with van der Waals surface area (Å²) in [6.07, 6.45) is -1.13. The minimum Gasteiger partial charge on any atom is -0.384 e. The van der Waals surface area contributed by atoms with E-state index in [0.717, 1.165) is 18.3 Å². The first-order valence-electron chi connectivity index (χ1n) is 6.54. The Kier molecular flexibility index (Phi) is 4.35. The van der Waals surface area contributed by atoms with Crippen LogP contribution in [0.4, 0.5) is 30.2 Å². The van der Waals surface area contributed by atoms with E-state index >= 15 is 0 Å². The summed E-state index contributed by atoms with van der Waals surface area (Å²) in [6, 6.07) is 5.97. The molecule has 112 valence electrons. The Morgan fingerprint density at radius 3 is 2.43 bits per heavy atom. The van der Waals surface area contributed by atoms with Gasteiger partial charge in [0.15, 0.2) is 0 Å². The first kappa shape index (κ1) is 15.2. The molecule has 0 fully saturated rings. The number of halogens is 3. The molecule has 0 radical (unpaired) electrons. The fourth-order valence-corrected chi connectivity index (χ4v) is 1.98. The number of anilines is 3. The molecule has 1 aromatic heterocycles. The van der Waals surface area contributed by atoms with Gasteiger partial charge in [0.25, 0.3) is 0 Å². The summed E-state index contributed by atoms with van der Waals surface area (Å²) in [5.41, 5.74) is 1.38. The summed E-state index contributed by atoms with van der Waals surface area (Å²) in [7, 11) is 0. The molecule has 0 aliphatic rings. The predicted octanol–water partition coefficient (Wildman–Crippen LogP) is 4.58. The van der Waals surface area contributed by atoms with E-state index in [0.29, 0.717) is 11.4 Å². The zero-order chi connectivity index (χ0) is 15.5. The minimum absolute atomic E-state index is 0.201. The van der Waals surface area contributed by atoms with Crippen molar-refractivity contribution in [2.75, 3.05) is 17.2 Å². The third kappa shape index (κ3) is 3.87. The van der Waals surface area contributed by atoms with Gasteiger partial charge in [-0.15, -0.1) is 0 Å². The lowest BCUT2D eigenvalue weighted by Gasteiger charge is -2.13. The second kappa shape index (κ2) is 6.03. The lowest BCUT2D eigenvalue weighted by molar-refractivity contribution is -0.138. The van der Waals surface area contributed by atoms with Crippen molar-refractivity contribution in [3.63, 3.8) is 0 Å². The Morgan fingerprint density at radius 2 is 1.76 bits per heavy atom. The van der Waals surface area contributed by atoms with Crippen LogP contribution in [0.1, 0.15) is 18.1 Å². The van der Waals surface area contributed by atoms with E-state index in [-0.39, 0.29) is 5.56 Å². The van der Waals surface area contributed by atoms with Gasteiger partial charge in [-0.2, -0.15) is 13.2 Å². The number of pyridine rings is 1. The highest BCUT2D eigenvalue weighted by atomic mass is 19.4. The van der Waals surface area contributed by atoms with Crippen LogP contribution in [0.5, 0.6) is 0 Å². The van der Waals surface area contributed by atoms with Crippen molar-refractivity contribution in [1.82, 2.24) is 4.98 Å². The summed E-state index contributed by atoms with van der Waals surface area (Å²) in [6.45, 7) is 4.14. The molecule has 2 rings (SSSR count). The maximum atomic E-state index is 12.9. The Labute approximate surface area is 121 Å². The molecule has 0 unspecified atom stereocenters. The Morgan fingerprint density at radius 1 is 1.05 bits per heavy atom. The van der Waals surface area contributed by atoms with Gasteiger partial charge in [-0.3, -0.25) is 4.98 Å². The van der Waals surface area contributed by atoms with Crippen molar-refractivity contribution >= 4 is 17.1 Å². The highest BCUT2D eigenvalue weighted by Gasteiger charge is 2.32. The second-order valence-corrected chi connectivity index (χ2v) is 4.65. The topological polar surface area (TPSA) is 37.0 Å². The number of aromatic nitrogens is 1. The molecule has 2 N–H and O–H groups in total. The fraction of sp³-hybridized carbons (Fsp3) is 0.267. The molecule has 0 saturated heterocycles. The van der Waals surface area contributed by atoms with Gasteiger partial charge in [-0.1, -0.05) is 6.07 Å². The number of nitrogens with zero attached hydrogens (tertiary/aromatic N) is 1. The van der Waals surface area contributed by atoms with Crippen molar-refractivity contribution in [2.24, 2.45) is 0 Å². The number of hydrogen-bond acceptors (Lipinski definition) is 3. The molecular formula is C15H16F3N3. The Hall–Kier alpha value is -2.24. The molecule has 3 nitrogen and oxygen atoms in total. The third-order valence-corrected chi connectivity index (χ3v) is 2.95. The number of hydrogen-bond donors (Lipinski definition) is 2. The quantitative estimate of drug-likeness (QED) is 0.866. The van der Waals surface area contributed by atoms with Gasteiger partial charge in [-0.25, -0.2) is 0 Å². The average molecular weight is 295 g/mol. The van der Waals surface area contributed by atoms with E-state index in [1.54, 1.807) is 24.5 Å². The standard InChI is InChI=1S/C15H16F3N3/c1-3-20-12-6-13(9-19-8-12)21-11-5-4-10(2)14(7-11)15(16,17)18/h4-9,20-21H,3H2,1-2H3. The summed E-state index contributed by atoms with van der Waals surface area (Å²) in [4.78, 5) is 4.04. The second-order valence-electron chi connectivity index (χ2n) is 4.65. The maximum Gasteiger partial charge on any atom is 0.416 e. The SMILES string of the molecule is CCNc1cncc(Nc2ccc(C)c(C(F)(F)F)c2)c1. The van der Waals surface area contributed by atoms with Crippen molar-refractivity contribution in [3.8, 4) is 0 Å². The van der Waals surface area contributed by atoms with Crippen molar-refractivity contribution in [1.29, 1.82) is 0 Å². The van der Waals surface area contributed by atoms with Gasteiger partial charge in [0, 0.05) is 12.2 Å². The monoisotopic (exact) mass is 295 g/mol. The Balaban J connectivity index is 2.26. The van der Waals surface area contributed by atoms with Crippen LogP contribution in [0.3, 0.4) is 0 Å². The summed E-state index contributed by atoms with van der Waals surface area (Å²) in [5.74, 6) is 0. The van der Waals surface area contributed by atoms with Gasteiger partial charge >= 0.3 is 6.18 Å². The highest BCUT2D eigenvalue weighted by molar-refractivity contribution is 5.64. The fourth-order valence-electron chi connectivity index (χ4n) is 1.98. The van der Waals surface area contributed by atoms with Crippen LogP contribution in [0.15, 0.2) is 36.7 Å². The van der Waals surface area contributed by atoms with E-state index < -0.39 is 11.7 Å². The molecular weight excluding hydrogens is 279 g/mol. The molecule has 0 saturated carbocycles. The lowest BCUT2D eigenvalue weighted by Crippen LogP contribution is -2.08. The van der Waals surface area contributed by atoms with Gasteiger partial charge in [0.05, 0.1) is 29.3 Å². The summed E-state index contributed by atoms with van der Waals surface area (Å²) >= 11 is 0. The average Bonchev–Trinajstić information content (AvgIpc) is 2.40. The van der Waals surface area contributed by atoms with Gasteiger partial charge in [0.2, 0.25) is 0 Å². The molecule has 1 aromatic carbocycles. The van der Waals surface area contributed by atoms with Crippen molar-refractivity contribution in [2.45, 2.75) is 20.0 Å². The van der Waals surface area contributed by atoms with Crippen LogP contribution < -0.4 is 10.6 Å². The van der Waals surface area contributed by atoms with E-state index in [9.17, 15) is 13.2 Å². The number of aryl methyl sites for hydroxylation is 1. The number of nitrogens with one attached hydrogen (secondary N) is 2. The maximum absolute atomic E-state index is 12.9. The van der Waals surface area contributed by atoms with Crippen LogP contribution >= 0.6 is 0 Å². The lowest BCUT2D eigenvalue weighted by atomic mass is 10.1. The minimum atomic E-state index is -4.36. The molecule has 21 heavy (non-hydrogen) atoms. The first-order valence-corrected chi connectivity index (χ1v) is 6.54. The van der Waals surface area contributed by atoms with E-state index in [1.807, 2.05) is 6.92 Å². The van der Waals surface area contributed by atoms with Gasteiger partial charge in [-0.05, 0) is 37.6 Å². The van der Waals surface area contributed by atoms with Crippen LogP contribution in [0.25, 0.3) is 0 Å². The van der Waals surface area contributed by atoms with Crippen LogP contribution in [0, 0.1) is 6.92 Å². The molecule has 2 aromatic rings. The molecule has 0 aliphatic carbocycles. The summed E-state index contributed by atoms with van der Waals surface area (Å²) in [5, 5.41) is 6.04. The van der Waals surface area contributed by atoms with Gasteiger partial charge in [0.1, 0.15) is 0 Å². The van der Waals surface area contributed by atoms with Crippen LogP contribution in [0.2, 0.25) is 0 Å². The van der Waals surface area contributed by atoms with Crippen LogP contribution in [-0.4, -0.2) is 11.5 Å². The normalized spacial score (nSPS) is 11.3. The molecule has 1 heterocycles. The number of rotatable bonds is 4. The Bertz CT molecular complexity index is 624. The smallest absolute Gasteiger partial charge is 0.384 e. The molecule has 0 spiro atoms. The highest BCUT2D eigenvalue weighted by Crippen LogP contribution is 2.34. The summed E-state index contributed by atoms with van der Waals surface area (Å²) < 4.78 is 38.6. The van der Waals surface area contributed by atoms with Gasteiger partial charge < -0.3 is 10.6 Å². The number of benzene rings is 1. The first-order chi connectivity index (χ1) is 9.90. The van der Waals surface area contributed by atoms with Crippen LogP contribution in [-0.2, 0) is 6.18 Å². The molecule has 0 atom stereocenters. The molecule has 0 amide bonds. The third-order valence-electron chi connectivity index (χ3n) is 2.95. The zero-order valence-corrected chi connectivity index (χ0v) is 11.8. The molecule has 0 aliphatic heterocycles. The van der Waals surface area contributed by atoms with Crippen molar-refractivity contribution in [3.05, 3.63) is 47.8 Å². The van der Waals surface area contributed by atoms with E-state index in [1.165, 1.54) is 13.0 Å². The largest absolute Gasteiger partial charge is 0.416 e. The predicted molar refractivity (Wildman–Crippen MR) is 77.9 cm³/mol.